The van der Waals surface area contributed by atoms with Gasteiger partial charge in [0.2, 0.25) is 6.08 Å². The number of Topliss-reactive ketones (excluding diaryl/α,β-unsaturated/α-hetero) is 1. The number of anilines is 4. The normalized spacial score (nSPS) is 15.7. The summed E-state index contributed by atoms with van der Waals surface area (Å²) in [5.41, 5.74) is 27.4. The minimum Gasteiger partial charge on any atom is -0.444 e. The summed E-state index contributed by atoms with van der Waals surface area (Å²) in [6.07, 6.45) is 0.553. The number of benzene rings is 4. The van der Waals surface area contributed by atoms with Crippen molar-refractivity contribution in [3.63, 3.8) is 0 Å². The molecular formula is C78H112Cl5N15O13. The van der Waals surface area contributed by atoms with Crippen LogP contribution in [0.25, 0.3) is 11.4 Å². The summed E-state index contributed by atoms with van der Waals surface area (Å²) < 4.78 is 39.6. The molecular weight excluding hydrogens is 1530 g/mol. The van der Waals surface area contributed by atoms with Gasteiger partial charge >= 0.3 is 24.3 Å². The fourth-order valence-electron chi connectivity index (χ4n) is 11.9. The van der Waals surface area contributed by atoms with Gasteiger partial charge in [0.25, 0.3) is 0 Å². The molecule has 1 saturated heterocycles. The Morgan fingerprint density at radius 1 is 0.577 bits per heavy atom. The summed E-state index contributed by atoms with van der Waals surface area (Å²) in [4.78, 5) is 79.4. The lowest BCUT2D eigenvalue weighted by Gasteiger charge is -2.36. The minimum absolute atomic E-state index is 0. The topological polar surface area (TPSA) is 363 Å². The van der Waals surface area contributed by atoms with Crippen LogP contribution in [-0.2, 0) is 55.6 Å². The van der Waals surface area contributed by atoms with E-state index in [0.29, 0.717) is 49.1 Å². The number of hydrogen-bond donors (Lipinski definition) is 6. The maximum Gasteiger partial charge on any atom is 0.410 e. The first-order valence-electron chi connectivity index (χ1n) is 35.6. The van der Waals surface area contributed by atoms with E-state index in [1.54, 1.807) is 46.9 Å². The molecule has 5 heterocycles. The highest BCUT2D eigenvalue weighted by Crippen LogP contribution is 2.40. The molecule has 612 valence electrons. The van der Waals surface area contributed by atoms with E-state index in [4.69, 9.17) is 112 Å². The van der Waals surface area contributed by atoms with Gasteiger partial charge in [-0.3, -0.25) is 16.0 Å². The fraction of sp³-hybridized carbons (Fsp3) is 0.526. The van der Waals surface area contributed by atoms with Gasteiger partial charge in [-0.2, -0.15) is 15.5 Å². The number of halogens is 5. The highest BCUT2D eigenvalue weighted by atomic mass is 35.5. The number of ketones is 1. The highest BCUT2D eigenvalue weighted by Gasteiger charge is 2.40. The molecule has 0 saturated carbocycles. The van der Waals surface area contributed by atoms with Crippen molar-refractivity contribution in [2.24, 2.45) is 16.8 Å². The number of aromatic nitrogens is 4. The molecule has 6 aromatic rings. The van der Waals surface area contributed by atoms with Gasteiger partial charge in [-0.15, -0.1) is 12.4 Å². The number of rotatable bonds is 12. The first-order valence-corrected chi connectivity index (χ1v) is 37.1. The smallest absolute Gasteiger partial charge is 0.410 e. The number of isocyanates is 1. The van der Waals surface area contributed by atoms with Gasteiger partial charge < -0.3 is 70.1 Å². The number of fused-ring (bicyclic) bond motifs is 2. The van der Waals surface area contributed by atoms with Crippen LogP contribution in [0.4, 0.5) is 42.2 Å². The lowest BCUT2D eigenvalue weighted by atomic mass is 9.90. The highest BCUT2D eigenvalue weighted by molar-refractivity contribution is 6.33. The molecule has 0 radical (unpaired) electrons. The van der Waals surface area contributed by atoms with E-state index >= 15 is 0 Å². The lowest BCUT2D eigenvalue weighted by molar-refractivity contribution is -0.125. The summed E-state index contributed by atoms with van der Waals surface area (Å²) >= 11 is 24.5. The number of aliphatic imine (C=N–C) groups is 1. The Labute approximate surface area is 679 Å². The molecule has 1 fully saturated rings. The van der Waals surface area contributed by atoms with Crippen molar-refractivity contribution in [2.45, 2.75) is 205 Å². The van der Waals surface area contributed by atoms with Gasteiger partial charge in [0.1, 0.15) is 40.9 Å². The number of hydrazine groups is 1. The summed E-state index contributed by atoms with van der Waals surface area (Å²) in [6, 6.07) is 15.8. The monoisotopic (exact) mass is 1640 g/mol. The Hall–Kier alpha value is -8.43. The number of carbonyl (C=O) groups excluding carboxylic acids is 6. The summed E-state index contributed by atoms with van der Waals surface area (Å²) in [7, 11) is 5.96. The zero-order valence-electron chi connectivity index (χ0n) is 68.2. The number of nitrogen functional groups attached to an aromatic ring is 3. The van der Waals surface area contributed by atoms with E-state index in [1.165, 1.54) is 39.4 Å². The number of methoxy groups -OCH3 is 4. The van der Waals surface area contributed by atoms with Gasteiger partial charge in [-0.25, -0.2) is 38.3 Å². The number of urea groups is 1. The van der Waals surface area contributed by atoms with E-state index in [1.807, 2.05) is 165 Å². The average Bonchev–Trinajstić information content (AvgIpc) is 1.62. The molecule has 9 N–H and O–H groups in total. The first-order chi connectivity index (χ1) is 51.2. The summed E-state index contributed by atoms with van der Waals surface area (Å²) in [6.45, 7) is 39.3. The second-order valence-corrected chi connectivity index (χ2v) is 31.1. The van der Waals surface area contributed by atoms with E-state index in [-0.39, 0.29) is 55.9 Å². The zero-order valence-corrected chi connectivity index (χ0v) is 72.1. The van der Waals surface area contributed by atoms with Crippen molar-refractivity contribution in [1.82, 2.24) is 39.6 Å². The molecule has 0 spiro atoms. The molecule has 1 unspecified atom stereocenters. The predicted molar refractivity (Wildman–Crippen MR) is 439 cm³/mol. The molecule has 3 aliphatic heterocycles. The van der Waals surface area contributed by atoms with Gasteiger partial charge in [0.05, 0.1) is 53.5 Å². The van der Waals surface area contributed by atoms with Crippen LogP contribution in [-0.4, -0.2) is 167 Å². The molecule has 4 aromatic carbocycles. The van der Waals surface area contributed by atoms with Crippen molar-refractivity contribution in [1.29, 1.82) is 5.26 Å². The molecule has 28 nitrogen and oxygen atoms in total. The number of carbonyl (C=O) groups is 5. The molecule has 3 aliphatic rings. The number of nitrogens with one attached hydrogen (secondary N) is 3. The third-order valence-electron chi connectivity index (χ3n) is 17.3. The molecule has 2 aromatic heterocycles. The number of amides is 5. The number of nitrogens with two attached hydrogens (primary N) is 3. The number of aryl methyl sites for hydroxylation is 8. The quantitative estimate of drug-likeness (QED) is 0.0126. The standard InChI is InChI=1S/C25H36ClN5O5.C20H27ClN4O2.C12H18N2O3.C8H11ClN2.C8H10ClN.C5H9NO3.ClH/c1-14-11-17(12-15(2)21(14)26)31-22(28-23(32)27-13-19(34-7)35-8)20-16(3)30(10-9-18(20)29-31)24(33)36-25(4,5)6;1-11-9-14(10-12(2)17(11)21)25-18(22)16-13(3)24(8-7-15(16)23-25)19(26)27-20(4,5)6;1-8-9(7-13)10(15)5-6-14(8)11(16)17-12(2,3)4;1-5-3-7(11-10)4-6(2)8(5)9;1-5-3-7(10)4-6(2)8(5)9;1-8-5(9-2)3-6-4-7;/h11-12,16,19H,9-10,13H2,1-8H3,(H2,27,28,32);9-10,13H,7-8,22H2,1-6H3;8-9H,5-6H2,1-4H3;3-4,11H,10H2,1-2H3;3-4H,10H2,1-2H3;5H,3H2,1-2H3;1H/t16-;13-;8-,9?;;;;/m000..../s1. The number of nitriles is 1. The number of ether oxygens (including phenoxy) is 7. The van der Waals surface area contributed by atoms with Crippen LogP contribution in [0.3, 0.4) is 0 Å². The molecule has 5 amide bonds. The Morgan fingerprint density at radius 3 is 1.32 bits per heavy atom. The predicted octanol–water partition coefficient (Wildman–Crippen LogP) is 16.2. The largest absolute Gasteiger partial charge is 0.444 e. The average molecular weight is 1650 g/mol. The Morgan fingerprint density at radius 2 is 0.937 bits per heavy atom. The molecule has 33 heteroatoms. The number of likely N-dealkylation sites (tertiary alicyclic amines) is 1. The van der Waals surface area contributed by atoms with Crippen LogP contribution in [0.15, 0.2) is 53.5 Å². The molecule has 0 aliphatic carbocycles. The van der Waals surface area contributed by atoms with Gasteiger partial charge in [0, 0.05) is 110 Å². The van der Waals surface area contributed by atoms with E-state index in [9.17, 15) is 28.8 Å². The van der Waals surface area contributed by atoms with E-state index < -0.39 is 59.6 Å². The Bertz CT molecular complexity index is 4190. The third-order valence-corrected chi connectivity index (χ3v) is 19.7. The fourth-order valence-corrected chi connectivity index (χ4v) is 12.3. The molecule has 9 rings (SSSR count). The van der Waals surface area contributed by atoms with Crippen LogP contribution >= 0.6 is 58.8 Å². The second kappa shape index (κ2) is 43.0. The van der Waals surface area contributed by atoms with Crippen LogP contribution in [0.5, 0.6) is 0 Å². The van der Waals surface area contributed by atoms with Gasteiger partial charge in [-0.1, -0.05) is 46.4 Å². The Kier molecular flexibility index (Phi) is 37.5. The van der Waals surface area contributed by atoms with Gasteiger partial charge in [0.15, 0.2) is 18.4 Å². The number of piperidine rings is 1. The second-order valence-electron chi connectivity index (χ2n) is 29.6. The Balaban J connectivity index is 0.000000373. The van der Waals surface area contributed by atoms with Crippen LogP contribution in [0.2, 0.25) is 20.1 Å². The maximum absolute atomic E-state index is 12.9. The first kappa shape index (κ1) is 96.8. The maximum atomic E-state index is 12.9. The molecule has 111 heavy (non-hydrogen) atoms. The van der Waals surface area contributed by atoms with Crippen LogP contribution in [0.1, 0.15) is 169 Å². The van der Waals surface area contributed by atoms with Crippen LogP contribution in [0, 0.1) is 72.6 Å². The zero-order chi connectivity index (χ0) is 83.4. The number of nitrogens with zero attached hydrogens (tertiary/aromatic N) is 9. The molecule has 0 bridgehead atoms. The van der Waals surface area contributed by atoms with Crippen molar-refractivity contribution < 1.29 is 61.9 Å². The van der Waals surface area contributed by atoms with Crippen molar-refractivity contribution in [3.8, 4) is 17.4 Å². The SMILES string of the molecule is COC(CN=C=O)OC.COC(CNC(=O)Nc1c2c(nn1-c1cc(C)c(Cl)c(C)c1)CCN(C(=O)OC(C)(C)C)[C@H]2C)OC.C[C@H]1C(C#N)C(=O)CCN1C(=O)OC(C)(C)C.Cc1cc(-n2nc3c(c2N)[C@H](C)N(C(=O)OC(C)(C)C)CC3)cc(C)c1Cl.Cc1cc(N)cc(C)c1Cl.Cc1cc(NN)cc(C)c1Cl.Cl. The van der Waals surface area contributed by atoms with Crippen molar-refractivity contribution in [3.05, 3.63) is 136 Å². The van der Waals surface area contributed by atoms with Crippen molar-refractivity contribution >= 4 is 118 Å². The number of hydrogen-bond acceptors (Lipinski definition) is 21. The van der Waals surface area contributed by atoms with E-state index in [0.717, 1.165) is 105 Å². The molecule has 4 atom stereocenters. The minimum atomic E-state index is -0.740. The lowest BCUT2D eigenvalue weighted by Crippen LogP contribution is -2.51. The summed E-state index contributed by atoms with van der Waals surface area (Å²) in [5.74, 6) is 5.42. The summed E-state index contributed by atoms with van der Waals surface area (Å²) in [5, 5.41) is 27.2. The third kappa shape index (κ3) is 27.7. The van der Waals surface area contributed by atoms with Gasteiger partial charge in [-0.05, 0) is 232 Å². The van der Waals surface area contributed by atoms with E-state index in [2.05, 4.69) is 21.1 Å². The van der Waals surface area contributed by atoms with Crippen LogP contribution < -0.4 is 33.4 Å². The van der Waals surface area contributed by atoms with Crippen molar-refractivity contribution in [2.75, 3.05) is 83.4 Å².